The van der Waals surface area contributed by atoms with Crippen molar-refractivity contribution in [1.29, 1.82) is 0 Å². The molecule has 1 atom stereocenters. The van der Waals surface area contributed by atoms with Crippen molar-refractivity contribution in [3.05, 3.63) is 53.3 Å². The molecule has 5 heteroatoms. The number of carbonyl (C=O) groups excluding carboxylic acids is 1. The Kier molecular flexibility index (Phi) is 5.87. The molecule has 0 saturated carbocycles. The van der Waals surface area contributed by atoms with Gasteiger partial charge in [-0.3, -0.25) is 9.48 Å². The maximum Gasteiger partial charge on any atom is 0.220 e. The molecule has 0 unspecified atom stereocenters. The average Bonchev–Trinajstić information content (AvgIpc) is 3.22. The Hall–Kier alpha value is -2.14. The molecule has 0 bridgehead atoms. The van der Waals surface area contributed by atoms with Crippen molar-refractivity contribution in [3.8, 4) is 0 Å². The van der Waals surface area contributed by atoms with Gasteiger partial charge in [0.25, 0.3) is 0 Å². The van der Waals surface area contributed by atoms with Crippen molar-refractivity contribution in [2.24, 2.45) is 7.05 Å². The molecule has 1 amide bonds. The normalized spacial score (nSPS) is 17.8. The lowest BCUT2D eigenvalue weighted by atomic mass is 9.94. The van der Waals surface area contributed by atoms with Gasteiger partial charge in [0, 0.05) is 45.0 Å². The highest BCUT2D eigenvalue weighted by Gasteiger charge is 2.24. The number of carbonyl (C=O) groups is 1. The highest BCUT2D eigenvalue weighted by Crippen LogP contribution is 2.28. The number of aryl methyl sites for hydroxylation is 3. The van der Waals surface area contributed by atoms with Gasteiger partial charge in [0.15, 0.2) is 0 Å². The number of hydrogen-bond donors (Lipinski definition) is 1. The highest BCUT2D eigenvalue weighted by molar-refractivity contribution is 5.76. The smallest absolute Gasteiger partial charge is 0.220 e. The lowest BCUT2D eigenvalue weighted by Crippen LogP contribution is -2.34. The van der Waals surface area contributed by atoms with Crippen LogP contribution in [0.3, 0.4) is 0 Å². The van der Waals surface area contributed by atoms with E-state index in [1.165, 1.54) is 17.5 Å². The summed E-state index contributed by atoms with van der Waals surface area (Å²) in [5, 5.41) is 7.17. The van der Waals surface area contributed by atoms with Gasteiger partial charge in [0.2, 0.25) is 5.91 Å². The van der Waals surface area contributed by atoms with Crippen LogP contribution in [0.15, 0.2) is 36.5 Å². The fourth-order valence-corrected chi connectivity index (χ4v) is 3.66. The predicted molar refractivity (Wildman–Crippen MR) is 99.5 cm³/mol. The molecule has 0 radical (unpaired) electrons. The SMILES string of the molecule is Cc1ccccc1[C@H]1CCN(CCNC(=O)CCc2ccnn2C)C1. The van der Waals surface area contributed by atoms with Crippen LogP contribution in [0, 0.1) is 6.92 Å². The van der Waals surface area contributed by atoms with Crippen LogP contribution in [0.1, 0.15) is 35.6 Å². The van der Waals surface area contributed by atoms with Gasteiger partial charge in [-0.25, -0.2) is 0 Å². The van der Waals surface area contributed by atoms with Crippen molar-refractivity contribution in [3.63, 3.8) is 0 Å². The first kappa shape index (κ1) is 17.7. The van der Waals surface area contributed by atoms with Crippen LogP contribution in [0.4, 0.5) is 0 Å². The van der Waals surface area contributed by atoms with Gasteiger partial charge in [-0.05, 0) is 49.4 Å². The van der Waals surface area contributed by atoms with E-state index in [2.05, 4.69) is 46.5 Å². The summed E-state index contributed by atoms with van der Waals surface area (Å²) in [4.78, 5) is 14.5. The molecule has 25 heavy (non-hydrogen) atoms. The predicted octanol–water partition coefficient (Wildman–Crippen LogP) is 2.27. The van der Waals surface area contributed by atoms with Crippen LogP contribution < -0.4 is 5.32 Å². The van der Waals surface area contributed by atoms with Gasteiger partial charge < -0.3 is 10.2 Å². The fraction of sp³-hybridized carbons (Fsp3) is 0.500. The molecule has 2 heterocycles. The number of nitrogens with one attached hydrogen (secondary N) is 1. The minimum atomic E-state index is 0.121. The van der Waals surface area contributed by atoms with E-state index in [0.29, 0.717) is 12.3 Å². The zero-order valence-corrected chi connectivity index (χ0v) is 15.2. The Bertz CT molecular complexity index is 709. The summed E-state index contributed by atoms with van der Waals surface area (Å²) in [7, 11) is 1.91. The second-order valence-corrected chi connectivity index (χ2v) is 6.94. The van der Waals surface area contributed by atoms with E-state index >= 15 is 0 Å². The molecule has 134 valence electrons. The largest absolute Gasteiger partial charge is 0.355 e. The molecule has 3 rings (SSSR count). The fourth-order valence-electron chi connectivity index (χ4n) is 3.66. The number of likely N-dealkylation sites (tertiary alicyclic amines) is 1. The second-order valence-electron chi connectivity index (χ2n) is 6.94. The van der Waals surface area contributed by atoms with E-state index in [4.69, 9.17) is 0 Å². The first-order valence-electron chi connectivity index (χ1n) is 9.15. The van der Waals surface area contributed by atoms with Gasteiger partial charge in [-0.1, -0.05) is 24.3 Å². The van der Waals surface area contributed by atoms with E-state index in [0.717, 1.165) is 38.3 Å². The molecule has 0 aliphatic carbocycles. The lowest BCUT2D eigenvalue weighted by Gasteiger charge is -2.17. The zero-order valence-electron chi connectivity index (χ0n) is 15.2. The number of aromatic nitrogens is 2. The zero-order chi connectivity index (χ0) is 17.6. The third-order valence-electron chi connectivity index (χ3n) is 5.18. The number of amides is 1. The third kappa shape index (κ3) is 4.69. The van der Waals surface area contributed by atoms with Gasteiger partial charge in [-0.15, -0.1) is 0 Å². The Balaban J connectivity index is 1.36. The second kappa shape index (κ2) is 8.30. The molecule has 1 N–H and O–H groups in total. The van der Waals surface area contributed by atoms with Crippen molar-refractivity contribution in [1.82, 2.24) is 20.0 Å². The minimum absolute atomic E-state index is 0.121. The van der Waals surface area contributed by atoms with Gasteiger partial charge in [-0.2, -0.15) is 5.10 Å². The van der Waals surface area contributed by atoms with Crippen LogP contribution >= 0.6 is 0 Å². The van der Waals surface area contributed by atoms with Crippen LogP contribution in [-0.2, 0) is 18.3 Å². The summed E-state index contributed by atoms with van der Waals surface area (Å²) in [5.41, 5.74) is 3.96. The number of rotatable bonds is 7. The third-order valence-corrected chi connectivity index (χ3v) is 5.18. The first-order chi connectivity index (χ1) is 12.1. The Labute approximate surface area is 150 Å². The summed E-state index contributed by atoms with van der Waals surface area (Å²) in [6.07, 6.45) is 4.23. The first-order valence-corrected chi connectivity index (χ1v) is 9.15. The standard InChI is InChI=1S/C20H28N4O/c1-16-5-3-4-6-19(16)17-10-13-24(15-17)14-12-21-20(25)8-7-18-9-11-22-23(18)2/h3-6,9,11,17H,7-8,10,12-15H2,1-2H3,(H,21,25)/t17-/m0/s1. The number of nitrogens with zero attached hydrogens (tertiary/aromatic N) is 3. The van der Waals surface area contributed by atoms with Crippen LogP contribution in [0.2, 0.25) is 0 Å². The van der Waals surface area contributed by atoms with Gasteiger partial charge in [0.1, 0.15) is 0 Å². The van der Waals surface area contributed by atoms with Crippen LogP contribution in [0.25, 0.3) is 0 Å². The van der Waals surface area contributed by atoms with Crippen molar-refractivity contribution < 1.29 is 4.79 Å². The van der Waals surface area contributed by atoms with E-state index in [1.807, 2.05) is 17.8 Å². The Morgan fingerprint density at radius 2 is 2.16 bits per heavy atom. The van der Waals surface area contributed by atoms with Gasteiger partial charge >= 0.3 is 0 Å². The summed E-state index contributed by atoms with van der Waals surface area (Å²) < 4.78 is 1.82. The summed E-state index contributed by atoms with van der Waals surface area (Å²) >= 11 is 0. The molecule has 5 nitrogen and oxygen atoms in total. The minimum Gasteiger partial charge on any atom is -0.355 e. The number of hydrogen-bond acceptors (Lipinski definition) is 3. The monoisotopic (exact) mass is 340 g/mol. The quantitative estimate of drug-likeness (QED) is 0.841. The topological polar surface area (TPSA) is 50.2 Å². The van der Waals surface area contributed by atoms with Crippen LogP contribution in [0.5, 0.6) is 0 Å². The Morgan fingerprint density at radius 1 is 1.32 bits per heavy atom. The lowest BCUT2D eigenvalue weighted by molar-refractivity contribution is -0.121. The summed E-state index contributed by atoms with van der Waals surface area (Å²) in [6.45, 7) is 6.06. The van der Waals surface area contributed by atoms with Gasteiger partial charge in [0.05, 0.1) is 0 Å². The average molecular weight is 340 g/mol. The summed E-state index contributed by atoms with van der Waals surface area (Å²) in [5.74, 6) is 0.748. The van der Waals surface area contributed by atoms with E-state index in [1.54, 1.807) is 6.20 Å². The van der Waals surface area contributed by atoms with E-state index < -0.39 is 0 Å². The molecular weight excluding hydrogens is 312 g/mol. The maximum atomic E-state index is 12.0. The molecule has 1 aliphatic rings. The molecular formula is C20H28N4O. The van der Waals surface area contributed by atoms with Crippen molar-refractivity contribution in [2.45, 2.75) is 32.1 Å². The maximum absolute atomic E-state index is 12.0. The molecule has 0 spiro atoms. The molecule has 2 aromatic rings. The van der Waals surface area contributed by atoms with E-state index in [9.17, 15) is 4.79 Å². The summed E-state index contributed by atoms with van der Waals surface area (Å²) in [6, 6.07) is 10.6. The Morgan fingerprint density at radius 3 is 2.92 bits per heavy atom. The van der Waals surface area contributed by atoms with Crippen molar-refractivity contribution in [2.75, 3.05) is 26.2 Å². The van der Waals surface area contributed by atoms with Crippen LogP contribution in [-0.4, -0.2) is 46.8 Å². The molecule has 1 saturated heterocycles. The van der Waals surface area contributed by atoms with E-state index in [-0.39, 0.29) is 5.91 Å². The molecule has 1 fully saturated rings. The molecule has 1 aromatic heterocycles. The molecule has 1 aliphatic heterocycles. The highest BCUT2D eigenvalue weighted by atomic mass is 16.1. The number of benzene rings is 1. The molecule has 1 aromatic carbocycles. The van der Waals surface area contributed by atoms with Crippen molar-refractivity contribution >= 4 is 5.91 Å².